The number of para-hydroxylation sites is 1. The van der Waals surface area contributed by atoms with E-state index in [0.29, 0.717) is 0 Å². The second-order valence-electron chi connectivity index (χ2n) is 3.51. The molecule has 0 saturated carbocycles. The van der Waals surface area contributed by atoms with Crippen LogP contribution in [0, 0.1) is 0 Å². The number of fused-ring (bicyclic) bond motifs is 3. The predicted octanol–water partition coefficient (Wildman–Crippen LogP) is 3.83. The summed E-state index contributed by atoms with van der Waals surface area (Å²) in [6.45, 7) is 0. The molecular weight excluding hydrogens is 202 g/mol. The first kappa shape index (κ1) is 8.86. The van der Waals surface area contributed by atoms with Crippen LogP contribution in [0.25, 0.3) is 11.1 Å². The minimum atomic E-state index is 0.939. The summed E-state index contributed by atoms with van der Waals surface area (Å²) >= 11 is 1.85. The Morgan fingerprint density at radius 3 is 2.53 bits per heavy atom. The van der Waals surface area contributed by atoms with Crippen molar-refractivity contribution in [3.63, 3.8) is 0 Å². The Bertz CT molecular complexity index is 448. The largest absolute Gasteiger partial charge is 0.375 e. The molecule has 2 heteroatoms. The van der Waals surface area contributed by atoms with E-state index in [9.17, 15) is 0 Å². The summed E-state index contributed by atoms with van der Waals surface area (Å²) in [5.74, 6) is 0.939. The zero-order valence-corrected chi connectivity index (χ0v) is 9.05. The lowest BCUT2D eigenvalue weighted by atomic mass is 10.0. The fourth-order valence-corrected chi connectivity index (χ4v) is 2.77. The van der Waals surface area contributed by atoms with Crippen LogP contribution in [0.1, 0.15) is 0 Å². The Balaban J connectivity index is 2.27. The molecule has 2 aromatic carbocycles. The molecule has 0 aliphatic carbocycles. The molecule has 0 fully saturated rings. The Labute approximate surface area is 93.5 Å². The maximum absolute atomic E-state index is 3.44. The van der Waals surface area contributed by atoms with Crippen molar-refractivity contribution in [2.45, 2.75) is 4.90 Å². The Hall–Kier alpha value is -1.41. The van der Waals surface area contributed by atoms with E-state index in [1.807, 2.05) is 11.8 Å². The monoisotopic (exact) mass is 213 g/mol. The molecule has 0 spiro atoms. The molecule has 0 radical (unpaired) electrons. The van der Waals surface area contributed by atoms with Gasteiger partial charge in [-0.05, 0) is 17.7 Å². The zero-order valence-electron chi connectivity index (χ0n) is 8.23. The van der Waals surface area contributed by atoms with E-state index in [1.54, 1.807) is 0 Å². The van der Waals surface area contributed by atoms with Crippen LogP contribution in [0.15, 0.2) is 53.4 Å². The third kappa shape index (κ3) is 1.51. The number of hydrogen-bond acceptors (Lipinski definition) is 2. The lowest BCUT2D eigenvalue weighted by Crippen LogP contribution is -1.95. The molecule has 0 aromatic heterocycles. The van der Waals surface area contributed by atoms with Crippen LogP contribution in [-0.2, 0) is 0 Å². The van der Waals surface area contributed by atoms with Gasteiger partial charge in [0, 0.05) is 16.1 Å². The van der Waals surface area contributed by atoms with Gasteiger partial charge in [0.15, 0.2) is 0 Å². The van der Waals surface area contributed by atoms with Crippen molar-refractivity contribution in [3.8, 4) is 11.1 Å². The van der Waals surface area contributed by atoms with Crippen molar-refractivity contribution in [1.82, 2.24) is 0 Å². The van der Waals surface area contributed by atoms with Crippen LogP contribution in [0.3, 0.4) is 0 Å². The molecule has 15 heavy (non-hydrogen) atoms. The highest BCUT2D eigenvalue weighted by Gasteiger charge is 2.12. The average Bonchev–Trinajstić information content (AvgIpc) is 2.48. The van der Waals surface area contributed by atoms with E-state index in [1.165, 1.54) is 21.7 Å². The summed E-state index contributed by atoms with van der Waals surface area (Å²) in [6.07, 6.45) is 0. The van der Waals surface area contributed by atoms with E-state index in [2.05, 4.69) is 53.8 Å². The van der Waals surface area contributed by atoms with Gasteiger partial charge in [-0.1, -0.05) is 36.4 Å². The Kier molecular flexibility index (Phi) is 2.14. The van der Waals surface area contributed by atoms with Crippen molar-refractivity contribution in [2.24, 2.45) is 0 Å². The summed E-state index contributed by atoms with van der Waals surface area (Å²) in [5, 5.41) is 3.44. The van der Waals surface area contributed by atoms with Gasteiger partial charge in [0.1, 0.15) is 0 Å². The van der Waals surface area contributed by atoms with Gasteiger partial charge in [0.25, 0.3) is 0 Å². The lowest BCUT2D eigenvalue weighted by Gasteiger charge is -2.07. The molecule has 3 rings (SSSR count). The molecule has 74 valence electrons. The first-order chi connectivity index (χ1) is 7.45. The number of hydrogen-bond donors (Lipinski definition) is 1. The van der Waals surface area contributed by atoms with Crippen molar-refractivity contribution < 1.29 is 0 Å². The third-order valence-corrected chi connectivity index (χ3v) is 3.55. The first-order valence-electron chi connectivity index (χ1n) is 5.00. The standard InChI is InChI=1S/C13H11NS/c1-3-7-12-10(5-1)11-6-2-4-8-13(11)15-9-14-12/h1-8,14H,9H2. The fourth-order valence-electron chi connectivity index (χ4n) is 1.88. The first-order valence-corrected chi connectivity index (χ1v) is 5.99. The van der Waals surface area contributed by atoms with Crippen LogP contribution in [0.2, 0.25) is 0 Å². The van der Waals surface area contributed by atoms with E-state index in [-0.39, 0.29) is 0 Å². The summed E-state index contributed by atoms with van der Waals surface area (Å²) in [7, 11) is 0. The molecular formula is C13H11NS. The van der Waals surface area contributed by atoms with Crippen molar-refractivity contribution >= 4 is 17.4 Å². The minimum Gasteiger partial charge on any atom is -0.375 e. The SMILES string of the molecule is c1ccc2c(c1)NCSc1ccccc1-2. The molecule has 1 nitrogen and oxygen atoms in total. The van der Waals surface area contributed by atoms with Crippen molar-refractivity contribution in [1.29, 1.82) is 0 Å². The molecule has 1 aliphatic heterocycles. The van der Waals surface area contributed by atoms with Gasteiger partial charge in [-0.2, -0.15) is 0 Å². The maximum atomic E-state index is 3.44. The van der Waals surface area contributed by atoms with Crippen LogP contribution in [-0.4, -0.2) is 5.88 Å². The van der Waals surface area contributed by atoms with E-state index >= 15 is 0 Å². The Morgan fingerprint density at radius 1 is 0.867 bits per heavy atom. The van der Waals surface area contributed by atoms with E-state index < -0.39 is 0 Å². The Morgan fingerprint density at radius 2 is 1.60 bits per heavy atom. The number of anilines is 1. The third-order valence-electron chi connectivity index (χ3n) is 2.59. The minimum absolute atomic E-state index is 0.939. The normalized spacial score (nSPS) is 13.3. The predicted molar refractivity (Wildman–Crippen MR) is 66.2 cm³/mol. The molecule has 0 atom stereocenters. The van der Waals surface area contributed by atoms with Crippen LogP contribution in [0.5, 0.6) is 0 Å². The fraction of sp³-hybridized carbons (Fsp3) is 0.0769. The molecule has 0 amide bonds. The van der Waals surface area contributed by atoms with Crippen molar-refractivity contribution in [3.05, 3.63) is 48.5 Å². The van der Waals surface area contributed by atoms with Gasteiger partial charge < -0.3 is 5.32 Å². The van der Waals surface area contributed by atoms with Crippen LogP contribution in [0.4, 0.5) is 5.69 Å². The summed E-state index contributed by atoms with van der Waals surface area (Å²) < 4.78 is 0. The lowest BCUT2D eigenvalue weighted by molar-refractivity contribution is 1.46. The van der Waals surface area contributed by atoms with Crippen LogP contribution < -0.4 is 5.32 Å². The van der Waals surface area contributed by atoms with Crippen LogP contribution >= 0.6 is 11.8 Å². The molecule has 2 aromatic rings. The van der Waals surface area contributed by atoms with Gasteiger partial charge in [0.05, 0.1) is 5.88 Å². The second-order valence-corrected chi connectivity index (χ2v) is 4.52. The topological polar surface area (TPSA) is 12.0 Å². The summed E-state index contributed by atoms with van der Waals surface area (Å²) in [6, 6.07) is 17.0. The molecule has 0 unspecified atom stereocenters. The van der Waals surface area contributed by atoms with Gasteiger partial charge >= 0.3 is 0 Å². The summed E-state index contributed by atoms with van der Waals surface area (Å²) in [4.78, 5) is 1.36. The number of nitrogens with one attached hydrogen (secondary N) is 1. The van der Waals surface area contributed by atoms with Gasteiger partial charge in [-0.25, -0.2) is 0 Å². The summed E-state index contributed by atoms with van der Waals surface area (Å²) in [5.41, 5.74) is 3.87. The molecule has 0 bridgehead atoms. The zero-order chi connectivity index (χ0) is 10.1. The molecule has 1 heterocycles. The number of rotatable bonds is 0. The van der Waals surface area contributed by atoms with Gasteiger partial charge in [-0.3, -0.25) is 0 Å². The highest BCUT2D eigenvalue weighted by molar-refractivity contribution is 7.99. The maximum Gasteiger partial charge on any atom is 0.0657 e. The number of benzene rings is 2. The second kappa shape index (κ2) is 3.63. The van der Waals surface area contributed by atoms with Gasteiger partial charge in [0.2, 0.25) is 0 Å². The van der Waals surface area contributed by atoms with Gasteiger partial charge in [-0.15, -0.1) is 11.8 Å². The highest BCUT2D eigenvalue weighted by atomic mass is 32.2. The smallest absolute Gasteiger partial charge is 0.0657 e. The quantitative estimate of drug-likeness (QED) is 0.713. The molecule has 0 saturated heterocycles. The molecule has 1 aliphatic rings. The van der Waals surface area contributed by atoms with E-state index in [4.69, 9.17) is 0 Å². The highest BCUT2D eigenvalue weighted by Crippen LogP contribution is 2.38. The molecule has 1 N–H and O–H groups in total. The van der Waals surface area contributed by atoms with E-state index in [0.717, 1.165) is 5.88 Å². The average molecular weight is 213 g/mol. The van der Waals surface area contributed by atoms with Crippen molar-refractivity contribution in [2.75, 3.05) is 11.2 Å². The number of thioether (sulfide) groups is 1.